The minimum Gasteiger partial charge on any atom is -0.357 e. The van der Waals surface area contributed by atoms with Gasteiger partial charge in [0, 0.05) is 21.1 Å². The molecule has 1 aromatic carbocycles. The number of aromatic amines is 1. The Morgan fingerprint density at radius 2 is 2.00 bits per heavy atom. The molecule has 2 rings (SSSR count). The van der Waals surface area contributed by atoms with Crippen molar-refractivity contribution in [1.82, 2.24) is 4.98 Å². The summed E-state index contributed by atoms with van der Waals surface area (Å²) in [5, 5.41) is 1.32. The lowest BCUT2D eigenvalue weighted by atomic mass is 10.1. The number of halogens is 1. The molecule has 0 atom stereocenters. The molecule has 0 fully saturated rings. The Morgan fingerprint density at radius 3 is 2.57 bits per heavy atom. The van der Waals surface area contributed by atoms with Gasteiger partial charge in [-0.3, -0.25) is 0 Å². The number of hydrogen-bond donors (Lipinski definition) is 1. The molecule has 0 bridgehead atoms. The molecule has 1 aromatic heterocycles. The van der Waals surface area contributed by atoms with Crippen LogP contribution in [0.1, 0.15) is 31.0 Å². The Hall–Kier alpha value is -0.760. The summed E-state index contributed by atoms with van der Waals surface area (Å²) in [6, 6.07) is 6.36. The fourth-order valence-corrected chi connectivity index (χ4v) is 2.88. The van der Waals surface area contributed by atoms with Gasteiger partial charge in [0.2, 0.25) is 0 Å². The van der Waals surface area contributed by atoms with E-state index in [1.807, 2.05) is 0 Å². The molecule has 0 radical (unpaired) electrons. The van der Waals surface area contributed by atoms with E-state index < -0.39 is 0 Å². The molecule has 0 unspecified atom stereocenters. The highest BCUT2D eigenvalue weighted by atomic mass is 79.9. The first kappa shape index (κ1) is 9.78. The highest BCUT2D eigenvalue weighted by Gasteiger charge is 2.12. The molecule has 2 aromatic rings. The van der Waals surface area contributed by atoms with Crippen molar-refractivity contribution in [2.24, 2.45) is 0 Å². The molecule has 0 saturated carbocycles. The van der Waals surface area contributed by atoms with Crippen LogP contribution in [0.25, 0.3) is 10.9 Å². The molecule has 0 amide bonds. The maximum Gasteiger partial charge on any atom is 0.0470 e. The zero-order chi connectivity index (χ0) is 10.3. The number of benzene rings is 1. The van der Waals surface area contributed by atoms with Crippen molar-refractivity contribution in [1.29, 1.82) is 0 Å². The van der Waals surface area contributed by atoms with Crippen LogP contribution in [0.15, 0.2) is 22.7 Å². The summed E-state index contributed by atoms with van der Waals surface area (Å²) >= 11 is 3.67. The van der Waals surface area contributed by atoms with Crippen molar-refractivity contribution in [2.45, 2.75) is 26.7 Å². The van der Waals surface area contributed by atoms with Crippen molar-refractivity contribution in [3.8, 4) is 0 Å². The minimum atomic E-state index is 0.524. The van der Waals surface area contributed by atoms with Gasteiger partial charge in [-0.2, -0.15) is 0 Å². The summed E-state index contributed by atoms with van der Waals surface area (Å²) in [7, 11) is 0. The van der Waals surface area contributed by atoms with Gasteiger partial charge >= 0.3 is 0 Å². The van der Waals surface area contributed by atoms with Gasteiger partial charge in [-0.05, 0) is 40.4 Å². The standard InChI is InChI=1S/C12H14BrN/c1-7(2)12-11(13)10-8(3)5-4-6-9(10)14-12/h4-7,14H,1-3H3. The van der Waals surface area contributed by atoms with Gasteiger partial charge in [-0.1, -0.05) is 26.0 Å². The zero-order valence-corrected chi connectivity index (χ0v) is 10.3. The SMILES string of the molecule is Cc1cccc2[nH]c(C(C)C)c(Br)c12. The van der Waals surface area contributed by atoms with E-state index in [9.17, 15) is 0 Å². The van der Waals surface area contributed by atoms with Crippen molar-refractivity contribution in [2.75, 3.05) is 0 Å². The Bertz CT molecular complexity index is 468. The predicted molar refractivity (Wildman–Crippen MR) is 64.8 cm³/mol. The topological polar surface area (TPSA) is 15.8 Å². The lowest BCUT2D eigenvalue weighted by Gasteiger charge is -2.01. The average Bonchev–Trinajstić information content (AvgIpc) is 2.45. The van der Waals surface area contributed by atoms with Gasteiger partial charge in [-0.25, -0.2) is 0 Å². The fourth-order valence-electron chi connectivity index (χ4n) is 1.80. The van der Waals surface area contributed by atoms with E-state index in [-0.39, 0.29) is 0 Å². The van der Waals surface area contributed by atoms with Gasteiger partial charge < -0.3 is 4.98 Å². The quantitative estimate of drug-likeness (QED) is 0.776. The molecular formula is C12H14BrN. The molecule has 1 heterocycles. The summed E-state index contributed by atoms with van der Waals surface area (Å²) in [4.78, 5) is 3.46. The summed E-state index contributed by atoms with van der Waals surface area (Å²) in [6.45, 7) is 6.54. The number of aryl methyl sites for hydroxylation is 1. The van der Waals surface area contributed by atoms with Gasteiger partial charge in [0.15, 0.2) is 0 Å². The first-order valence-electron chi connectivity index (χ1n) is 4.88. The molecule has 1 N–H and O–H groups in total. The van der Waals surface area contributed by atoms with Crippen LogP contribution >= 0.6 is 15.9 Å². The maximum atomic E-state index is 3.67. The first-order valence-corrected chi connectivity index (χ1v) is 5.67. The summed E-state index contributed by atoms with van der Waals surface area (Å²) in [6.07, 6.45) is 0. The number of H-pyrrole nitrogens is 1. The third-order valence-electron chi connectivity index (χ3n) is 2.58. The monoisotopic (exact) mass is 251 g/mol. The average molecular weight is 252 g/mol. The molecule has 0 aliphatic rings. The molecule has 74 valence electrons. The van der Waals surface area contributed by atoms with Crippen LogP contribution in [0.2, 0.25) is 0 Å². The molecule has 0 aliphatic heterocycles. The number of rotatable bonds is 1. The lowest BCUT2D eigenvalue weighted by Crippen LogP contribution is -1.86. The highest BCUT2D eigenvalue weighted by Crippen LogP contribution is 2.33. The lowest BCUT2D eigenvalue weighted by molar-refractivity contribution is 0.831. The van der Waals surface area contributed by atoms with E-state index >= 15 is 0 Å². The van der Waals surface area contributed by atoms with Crippen LogP contribution < -0.4 is 0 Å². The smallest absolute Gasteiger partial charge is 0.0470 e. The van der Waals surface area contributed by atoms with Crippen LogP contribution in [-0.2, 0) is 0 Å². The van der Waals surface area contributed by atoms with Gasteiger partial charge in [0.1, 0.15) is 0 Å². The van der Waals surface area contributed by atoms with E-state index in [0.29, 0.717) is 5.92 Å². The third kappa shape index (κ3) is 1.38. The van der Waals surface area contributed by atoms with Crippen LogP contribution in [0.3, 0.4) is 0 Å². The van der Waals surface area contributed by atoms with Crippen LogP contribution in [-0.4, -0.2) is 4.98 Å². The van der Waals surface area contributed by atoms with Crippen molar-refractivity contribution in [3.63, 3.8) is 0 Å². The first-order chi connectivity index (χ1) is 6.61. The number of fused-ring (bicyclic) bond motifs is 1. The second-order valence-electron chi connectivity index (χ2n) is 4.00. The predicted octanol–water partition coefficient (Wildman–Crippen LogP) is 4.36. The van der Waals surface area contributed by atoms with Gasteiger partial charge in [0.05, 0.1) is 0 Å². The highest BCUT2D eigenvalue weighted by molar-refractivity contribution is 9.10. The van der Waals surface area contributed by atoms with Gasteiger partial charge in [-0.15, -0.1) is 0 Å². The molecule has 1 nitrogen and oxygen atoms in total. The Balaban J connectivity index is 2.81. The van der Waals surface area contributed by atoms with Crippen molar-refractivity contribution >= 4 is 26.8 Å². The van der Waals surface area contributed by atoms with Crippen LogP contribution in [0.5, 0.6) is 0 Å². The van der Waals surface area contributed by atoms with E-state index in [1.165, 1.54) is 26.6 Å². The van der Waals surface area contributed by atoms with E-state index in [4.69, 9.17) is 0 Å². The van der Waals surface area contributed by atoms with E-state index in [0.717, 1.165) is 0 Å². The minimum absolute atomic E-state index is 0.524. The van der Waals surface area contributed by atoms with Crippen molar-refractivity contribution in [3.05, 3.63) is 33.9 Å². The van der Waals surface area contributed by atoms with Crippen LogP contribution in [0.4, 0.5) is 0 Å². The fraction of sp³-hybridized carbons (Fsp3) is 0.333. The normalized spacial score (nSPS) is 11.5. The molecule has 0 aliphatic carbocycles. The summed E-state index contributed by atoms with van der Waals surface area (Å²) < 4.78 is 1.22. The molecule has 2 heteroatoms. The maximum absolute atomic E-state index is 3.67. The second kappa shape index (κ2) is 3.43. The Morgan fingerprint density at radius 1 is 1.29 bits per heavy atom. The largest absolute Gasteiger partial charge is 0.357 e. The molecular weight excluding hydrogens is 238 g/mol. The number of nitrogens with one attached hydrogen (secondary N) is 1. The third-order valence-corrected chi connectivity index (χ3v) is 3.40. The molecule has 0 saturated heterocycles. The van der Waals surface area contributed by atoms with Gasteiger partial charge in [0.25, 0.3) is 0 Å². The number of hydrogen-bond acceptors (Lipinski definition) is 0. The molecule has 14 heavy (non-hydrogen) atoms. The Kier molecular flexibility index (Phi) is 2.40. The second-order valence-corrected chi connectivity index (χ2v) is 4.80. The molecule has 0 spiro atoms. The zero-order valence-electron chi connectivity index (χ0n) is 8.69. The Labute approximate surface area is 92.6 Å². The van der Waals surface area contributed by atoms with E-state index in [1.54, 1.807) is 0 Å². The van der Waals surface area contributed by atoms with Crippen LogP contribution in [0, 0.1) is 6.92 Å². The summed E-state index contributed by atoms with van der Waals surface area (Å²) in [5.74, 6) is 0.524. The van der Waals surface area contributed by atoms with E-state index in [2.05, 4.69) is 59.9 Å². The number of aromatic nitrogens is 1. The summed E-state index contributed by atoms with van der Waals surface area (Å²) in [5.41, 5.74) is 3.83. The van der Waals surface area contributed by atoms with Crippen molar-refractivity contribution < 1.29 is 0 Å².